The predicted molar refractivity (Wildman–Crippen MR) is 51.4 cm³/mol. The van der Waals surface area contributed by atoms with Crippen LogP contribution < -0.4 is 103 Å². The molecule has 0 radical (unpaired) electrons. The Balaban J connectivity index is 0. The number of aromatic nitrogens is 1. The zero-order valence-electron chi connectivity index (χ0n) is 8.06. The SMILES string of the molecule is O=C(C=C([S-])[S-])c1ccccn1.[K+].[K+]. The molecule has 0 saturated carbocycles. The van der Waals surface area contributed by atoms with E-state index in [9.17, 15) is 4.79 Å². The third-order valence-corrected chi connectivity index (χ3v) is 1.40. The van der Waals surface area contributed by atoms with Gasteiger partial charge >= 0.3 is 103 Å². The number of pyridine rings is 1. The number of carbonyl (C=O) groups excluding carboxylic acids is 1. The molecule has 0 atom stereocenters. The van der Waals surface area contributed by atoms with Crippen molar-refractivity contribution in [1.82, 2.24) is 4.98 Å². The summed E-state index contributed by atoms with van der Waals surface area (Å²) in [7, 11) is 0. The zero-order valence-corrected chi connectivity index (χ0v) is 15.9. The minimum Gasteiger partial charge on any atom is -0.807 e. The molecule has 1 aromatic rings. The quantitative estimate of drug-likeness (QED) is 0.234. The number of rotatable bonds is 2. The van der Waals surface area contributed by atoms with Crippen molar-refractivity contribution >= 4 is 31.0 Å². The van der Waals surface area contributed by atoms with E-state index in [1.54, 1.807) is 24.4 Å². The molecule has 0 aliphatic heterocycles. The fourth-order valence-electron chi connectivity index (χ4n) is 0.689. The molecule has 14 heavy (non-hydrogen) atoms. The number of hydrogen-bond acceptors (Lipinski definition) is 4. The van der Waals surface area contributed by atoms with Crippen molar-refractivity contribution < 1.29 is 108 Å². The molecule has 62 valence electrons. The van der Waals surface area contributed by atoms with Crippen molar-refractivity contribution in [2.45, 2.75) is 0 Å². The average Bonchev–Trinajstić information content (AvgIpc) is 2.05. The van der Waals surface area contributed by atoms with Gasteiger partial charge in [0.2, 0.25) is 5.78 Å². The van der Waals surface area contributed by atoms with E-state index in [2.05, 4.69) is 30.2 Å². The molecule has 0 fully saturated rings. The standard InChI is InChI=1S/C8H7NOS2.2K/c10-7(5-8(11)12)6-3-1-2-4-9-6;;/h1-5,11-12H;;/q;2*+1/p-2. The molecule has 0 N–H and O–H groups in total. The second-order valence-corrected chi connectivity index (χ2v) is 3.18. The smallest absolute Gasteiger partial charge is 0.807 e. The van der Waals surface area contributed by atoms with E-state index in [-0.39, 0.29) is 113 Å². The maximum absolute atomic E-state index is 11.2. The molecule has 0 bridgehead atoms. The van der Waals surface area contributed by atoms with E-state index in [4.69, 9.17) is 0 Å². The third kappa shape index (κ3) is 7.53. The molecule has 0 spiro atoms. The van der Waals surface area contributed by atoms with E-state index in [1.165, 1.54) is 6.08 Å². The summed E-state index contributed by atoms with van der Waals surface area (Å²) in [5.41, 5.74) is 0.365. The van der Waals surface area contributed by atoms with E-state index < -0.39 is 0 Å². The summed E-state index contributed by atoms with van der Waals surface area (Å²) in [6.07, 6.45) is 2.76. The first-order valence-corrected chi connectivity index (χ1v) is 4.03. The Morgan fingerprint density at radius 2 is 1.93 bits per heavy atom. The summed E-state index contributed by atoms with van der Waals surface area (Å²) >= 11 is 9.16. The first-order chi connectivity index (χ1) is 5.70. The Morgan fingerprint density at radius 1 is 1.29 bits per heavy atom. The average molecular weight is 273 g/mol. The van der Waals surface area contributed by atoms with Gasteiger partial charge in [0, 0.05) is 6.20 Å². The molecule has 0 aromatic carbocycles. The summed E-state index contributed by atoms with van der Waals surface area (Å²) in [5, 5.41) is 0. The van der Waals surface area contributed by atoms with Crippen LogP contribution in [0.25, 0.3) is 0 Å². The van der Waals surface area contributed by atoms with Gasteiger partial charge in [-0.3, -0.25) is 9.78 Å². The molecule has 0 amide bonds. The molecule has 1 heterocycles. The zero-order chi connectivity index (χ0) is 8.97. The van der Waals surface area contributed by atoms with Crippen LogP contribution in [0.5, 0.6) is 0 Å². The number of hydrogen-bond donors (Lipinski definition) is 0. The van der Waals surface area contributed by atoms with Crippen molar-refractivity contribution in [3.05, 3.63) is 40.4 Å². The van der Waals surface area contributed by atoms with Crippen molar-refractivity contribution in [2.75, 3.05) is 0 Å². The van der Waals surface area contributed by atoms with Crippen LogP contribution in [0.4, 0.5) is 0 Å². The topological polar surface area (TPSA) is 30.0 Å². The fraction of sp³-hybridized carbons (Fsp3) is 0. The second-order valence-electron chi connectivity index (χ2n) is 2.04. The maximum atomic E-state index is 11.2. The summed E-state index contributed by atoms with van der Waals surface area (Å²) in [4.78, 5) is 15.0. The summed E-state index contributed by atoms with van der Waals surface area (Å²) in [6, 6.07) is 5.09. The summed E-state index contributed by atoms with van der Waals surface area (Å²) < 4.78 is 0.158. The van der Waals surface area contributed by atoms with Crippen LogP contribution in [0.2, 0.25) is 0 Å². The molecule has 0 aliphatic carbocycles. The van der Waals surface area contributed by atoms with Gasteiger partial charge in [0.1, 0.15) is 5.69 Å². The molecule has 2 nitrogen and oxygen atoms in total. The molecule has 0 saturated heterocycles. The Morgan fingerprint density at radius 3 is 2.36 bits per heavy atom. The monoisotopic (exact) mass is 273 g/mol. The van der Waals surface area contributed by atoms with Crippen LogP contribution in [0, 0.1) is 0 Å². The van der Waals surface area contributed by atoms with Crippen LogP contribution in [0.1, 0.15) is 10.5 Å². The van der Waals surface area contributed by atoms with Crippen LogP contribution >= 0.6 is 0 Å². The van der Waals surface area contributed by atoms with Gasteiger partial charge in [-0.2, -0.15) is 0 Å². The van der Waals surface area contributed by atoms with Gasteiger partial charge < -0.3 is 29.5 Å². The number of nitrogens with zero attached hydrogens (tertiary/aromatic N) is 1. The van der Waals surface area contributed by atoms with Gasteiger partial charge in [0.25, 0.3) is 0 Å². The molecule has 1 aromatic heterocycles. The number of ketones is 1. The fourth-order valence-corrected chi connectivity index (χ4v) is 0.904. The molecule has 6 heteroatoms. The summed E-state index contributed by atoms with van der Waals surface area (Å²) in [5.74, 6) is -0.240. The maximum Gasteiger partial charge on any atom is 1.00 e. The van der Waals surface area contributed by atoms with Crippen molar-refractivity contribution in [2.24, 2.45) is 0 Å². The van der Waals surface area contributed by atoms with Gasteiger partial charge in [0.15, 0.2) is 0 Å². The molecule has 0 aliphatic rings. The summed E-state index contributed by atoms with van der Waals surface area (Å²) in [6.45, 7) is 0. The van der Waals surface area contributed by atoms with Crippen molar-refractivity contribution in [3.63, 3.8) is 0 Å². The van der Waals surface area contributed by atoms with E-state index in [0.717, 1.165) is 0 Å². The Bertz CT molecular complexity index is 312. The van der Waals surface area contributed by atoms with E-state index in [0.29, 0.717) is 5.69 Å². The molecular formula is C8H5K2NOS2. The van der Waals surface area contributed by atoms with E-state index >= 15 is 0 Å². The minimum atomic E-state index is -0.240. The molecule has 0 unspecified atom stereocenters. The molecular weight excluding hydrogens is 268 g/mol. The Labute approximate surface area is 179 Å². The van der Waals surface area contributed by atoms with Crippen molar-refractivity contribution in [1.29, 1.82) is 0 Å². The van der Waals surface area contributed by atoms with Gasteiger partial charge in [-0.15, -0.1) is 0 Å². The second kappa shape index (κ2) is 10.4. The Hall–Kier alpha value is 2.27. The first-order valence-electron chi connectivity index (χ1n) is 3.21. The van der Waals surface area contributed by atoms with Gasteiger partial charge in [-0.05, 0) is 12.1 Å². The van der Waals surface area contributed by atoms with Gasteiger partial charge in [-0.1, -0.05) is 12.1 Å². The van der Waals surface area contributed by atoms with Crippen LogP contribution in [0.15, 0.2) is 34.7 Å². The Kier molecular flexibility index (Phi) is 13.9. The first kappa shape index (κ1) is 18.6. The van der Waals surface area contributed by atoms with Crippen LogP contribution in [-0.4, -0.2) is 10.8 Å². The van der Waals surface area contributed by atoms with Crippen LogP contribution in [0.3, 0.4) is 0 Å². The predicted octanol–water partition coefficient (Wildman–Crippen LogP) is -4.79. The normalized spacial score (nSPS) is 7.71. The van der Waals surface area contributed by atoms with Crippen LogP contribution in [-0.2, 0) is 25.3 Å². The van der Waals surface area contributed by atoms with Crippen molar-refractivity contribution in [3.8, 4) is 0 Å². The molecule has 1 rings (SSSR count). The minimum absolute atomic E-state index is 0. The number of carbonyl (C=O) groups is 1. The van der Waals surface area contributed by atoms with Gasteiger partial charge in [0.05, 0.1) is 0 Å². The largest absolute Gasteiger partial charge is 1.00 e. The third-order valence-electron chi connectivity index (χ3n) is 1.17. The van der Waals surface area contributed by atoms with Gasteiger partial charge in [-0.25, -0.2) is 0 Å². The van der Waals surface area contributed by atoms with E-state index in [1.807, 2.05) is 0 Å². The number of allylic oxidation sites excluding steroid dienone is 1.